The van der Waals surface area contributed by atoms with Crippen LogP contribution in [0.1, 0.15) is 12.0 Å². The van der Waals surface area contributed by atoms with E-state index in [0.717, 1.165) is 25.1 Å². The molecule has 0 radical (unpaired) electrons. The van der Waals surface area contributed by atoms with Gasteiger partial charge in [0.25, 0.3) is 0 Å². The van der Waals surface area contributed by atoms with Gasteiger partial charge in [-0.3, -0.25) is 4.98 Å². The molecule has 3 nitrogen and oxygen atoms in total. The van der Waals surface area contributed by atoms with Crippen molar-refractivity contribution in [2.45, 2.75) is 12.8 Å². The molecule has 0 aliphatic carbocycles. The summed E-state index contributed by atoms with van der Waals surface area (Å²) >= 11 is 0. The Balaban J connectivity index is 0.00000162. The summed E-state index contributed by atoms with van der Waals surface area (Å²) in [5, 5.41) is 3.32. The molecule has 0 bridgehead atoms. The molecule has 19 heavy (non-hydrogen) atoms. The van der Waals surface area contributed by atoms with Gasteiger partial charge in [0.2, 0.25) is 0 Å². The van der Waals surface area contributed by atoms with Crippen LogP contribution >= 0.6 is 24.8 Å². The number of nitrogens with zero attached hydrogens (tertiary/aromatic N) is 1. The van der Waals surface area contributed by atoms with E-state index < -0.39 is 0 Å². The van der Waals surface area contributed by atoms with Crippen molar-refractivity contribution in [2.75, 3.05) is 17.6 Å². The number of nitrogens with one attached hydrogen (secondary N) is 1. The maximum atomic E-state index is 5.79. The summed E-state index contributed by atoms with van der Waals surface area (Å²) in [6.45, 7) is 0.920. The predicted octanol–water partition coefficient (Wildman–Crippen LogP) is 3.55. The number of rotatable bonds is 5. The summed E-state index contributed by atoms with van der Waals surface area (Å²) in [6, 6.07) is 12.4. The van der Waals surface area contributed by atoms with Gasteiger partial charge in [-0.05, 0) is 24.5 Å². The molecule has 0 fully saturated rings. The van der Waals surface area contributed by atoms with E-state index in [4.69, 9.17) is 5.73 Å². The van der Waals surface area contributed by atoms with Crippen LogP contribution in [0.5, 0.6) is 0 Å². The third kappa shape index (κ3) is 5.81. The highest BCUT2D eigenvalue weighted by Gasteiger charge is 1.97. The summed E-state index contributed by atoms with van der Waals surface area (Å²) in [6.07, 6.45) is 5.58. The Kier molecular flexibility index (Phi) is 8.75. The van der Waals surface area contributed by atoms with E-state index in [1.165, 1.54) is 5.56 Å². The van der Waals surface area contributed by atoms with Gasteiger partial charge in [0, 0.05) is 12.7 Å². The lowest BCUT2D eigenvalue weighted by atomic mass is 10.1. The number of halogens is 2. The van der Waals surface area contributed by atoms with Crippen molar-refractivity contribution < 1.29 is 0 Å². The normalized spacial score (nSPS) is 9.05. The predicted molar refractivity (Wildman–Crippen MR) is 86.4 cm³/mol. The summed E-state index contributed by atoms with van der Waals surface area (Å²) in [4.78, 5) is 3.96. The van der Waals surface area contributed by atoms with Gasteiger partial charge in [0.15, 0.2) is 0 Å². The maximum absolute atomic E-state index is 5.79. The number of pyridine rings is 1. The van der Waals surface area contributed by atoms with Crippen molar-refractivity contribution in [2.24, 2.45) is 0 Å². The van der Waals surface area contributed by atoms with Crippen LogP contribution < -0.4 is 11.1 Å². The van der Waals surface area contributed by atoms with Crippen LogP contribution in [0.3, 0.4) is 0 Å². The Morgan fingerprint density at radius 3 is 2.47 bits per heavy atom. The van der Waals surface area contributed by atoms with Gasteiger partial charge in [0.05, 0.1) is 17.6 Å². The molecule has 1 heterocycles. The first-order valence-corrected chi connectivity index (χ1v) is 5.83. The molecule has 0 saturated carbocycles. The molecule has 3 N–H and O–H groups in total. The summed E-state index contributed by atoms with van der Waals surface area (Å²) in [7, 11) is 0. The first kappa shape index (κ1) is 17.6. The first-order chi connectivity index (χ1) is 8.36. The average molecular weight is 300 g/mol. The Labute approximate surface area is 126 Å². The van der Waals surface area contributed by atoms with Crippen molar-refractivity contribution in [3.8, 4) is 0 Å². The second kappa shape index (κ2) is 9.48. The molecule has 0 amide bonds. The topological polar surface area (TPSA) is 50.9 Å². The van der Waals surface area contributed by atoms with E-state index in [0.29, 0.717) is 5.69 Å². The largest absolute Gasteiger partial charge is 0.396 e. The Bertz CT molecular complexity index is 463. The zero-order chi connectivity index (χ0) is 11.9. The van der Waals surface area contributed by atoms with E-state index in [2.05, 4.69) is 34.6 Å². The molecule has 1 aromatic heterocycles. The molecule has 0 saturated heterocycles. The lowest BCUT2D eigenvalue weighted by Gasteiger charge is -2.08. The van der Waals surface area contributed by atoms with E-state index in [1.54, 1.807) is 12.4 Å². The maximum Gasteiger partial charge on any atom is 0.0736 e. The fourth-order valence-corrected chi connectivity index (χ4v) is 1.73. The standard InChI is InChI=1S/C14H17N3.2ClH/c15-13-11-16-10-8-14(13)17-9-4-7-12-5-2-1-3-6-12;;/h1-3,5-6,8,10-11H,4,7,9,15H2,(H,16,17);2*1H. The first-order valence-electron chi connectivity index (χ1n) is 5.83. The number of hydrogen-bond donors (Lipinski definition) is 2. The number of anilines is 2. The Hall–Kier alpha value is -1.45. The van der Waals surface area contributed by atoms with E-state index in [1.807, 2.05) is 12.1 Å². The highest BCUT2D eigenvalue weighted by atomic mass is 35.5. The molecular formula is C14H19Cl2N3. The average Bonchev–Trinajstić information content (AvgIpc) is 2.38. The molecule has 0 atom stereocenters. The lowest BCUT2D eigenvalue weighted by Crippen LogP contribution is -2.05. The molecule has 2 rings (SSSR count). The van der Waals surface area contributed by atoms with E-state index >= 15 is 0 Å². The van der Waals surface area contributed by atoms with Gasteiger partial charge >= 0.3 is 0 Å². The lowest BCUT2D eigenvalue weighted by molar-refractivity contribution is 0.863. The number of nitrogen functional groups attached to an aromatic ring is 1. The Morgan fingerprint density at radius 2 is 1.79 bits per heavy atom. The Morgan fingerprint density at radius 1 is 1.05 bits per heavy atom. The van der Waals surface area contributed by atoms with Crippen molar-refractivity contribution in [3.05, 3.63) is 54.4 Å². The highest BCUT2D eigenvalue weighted by molar-refractivity contribution is 5.85. The number of hydrogen-bond acceptors (Lipinski definition) is 3. The van der Waals surface area contributed by atoms with Crippen LogP contribution in [0, 0.1) is 0 Å². The van der Waals surface area contributed by atoms with Crippen molar-refractivity contribution in [1.29, 1.82) is 0 Å². The number of aromatic nitrogens is 1. The fraction of sp³-hybridized carbons (Fsp3) is 0.214. The summed E-state index contributed by atoms with van der Waals surface area (Å²) < 4.78 is 0. The molecule has 0 unspecified atom stereocenters. The fourth-order valence-electron chi connectivity index (χ4n) is 1.73. The van der Waals surface area contributed by atoms with Gasteiger partial charge in [-0.2, -0.15) is 0 Å². The second-order valence-electron chi connectivity index (χ2n) is 3.98. The van der Waals surface area contributed by atoms with Crippen molar-refractivity contribution >= 4 is 36.2 Å². The molecule has 104 valence electrons. The van der Waals surface area contributed by atoms with Gasteiger partial charge in [-0.1, -0.05) is 30.3 Å². The summed E-state index contributed by atoms with van der Waals surface area (Å²) in [5.74, 6) is 0. The third-order valence-corrected chi connectivity index (χ3v) is 2.65. The number of aryl methyl sites for hydroxylation is 1. The molecular weight excluding hydrogens is 281 g/mol. The van der Waals surface area contributed by atoms with Gasteiger partial charge in [-0.25, -0.2) is 0 Å². The molecule has 5 heteroatoms. The van der Waals surface area contributed by atoms with Gasteiger partial charge in [-0.15, -0.1) is 24.8 Å². The van der Waals surface area contributed by atoms with Crippen molar-refractivity contribution in [3.63, 3.8) is 0 Å². The van der Waals surface area contributed by atoms with Gasteiger partial charge < -0.3 is 11.1 Å². The van der Waals surface area contributed by atoms with Crippen LogP contribution in [0.15, 0.2) is 48.8 Å². The zero-order valence-corrected chi connectivity index (χ0v) is 12.2. The quantitative estimate of drug-likeness (QED) is 0.830. The molecule has 1 aromatic carbocycles. The minimum atomic E-state index is 0. The molecule has 0 spiro atoms. The van der Waals surface area contributed by atoms with Crippen LogP contribution in [0.25, 0.3) is 0 Å². The van der Waals surface area contributed by atoms with Crippen molar-refractivity contribution in [1.82, 2.24) is 4.98 Å². The minimum Gasteiger partial charge on any atom is -0.396 e. The van der Waals surface area contributed by atoms with E-state index in [9.17, 15) is 0 Å². The zero-order valence-electron chi connectivity index (χ0n) is 10.6. The van der Waals surface area contributed by atoms with E-state index in [-0.39, 0.29) is 24.8 Å². The minimum absolute atomic E-state index is 0. The molecule has 0 aliphatic heterocycles. The number of nitrogens with two attached hydrogens (primary N) is 1. The second-order valence-corrected chi connectivity index (χ2v) is 3.98. The van der Waals surface area contributed by atoms with Crippen LogP contribution in [0.2, 0.25) is 0 Å². The van der Waals surface area contributed by atoms with Crippen LogP contribution in [-0.2, 0) is 6.42 Å². The van der Waals surface area contributed by atoms with Crippen LogP contribution in [0.4, 0.5) is 11.4 Å². The van der Waals surface area contributed by atoms with Gasteiger partial charge in [0.1, 0.15) is 0 Å². The smallest absolute Gasteiger partial charge is 0.0736 e. The number of benzene rings is 1. The molecule has 2 aromatic rings. The summed E-state index contributed by atoms with van der Waals surface area (Å²) in [5.41, 5.74) is 8.83. The third-order valence-electron chi connectivity index (χ3n) is 2.65. The van der Waals surface area contributed by atoms with Crippen LogP contribution in [-0.4, -0.2) is 11.5 Å². The highest BCUT2D eigenvalue weighted by Crippen LogP contribution is 2.15. The monoisotopic (exact) mass is 299 g/mol. The molecule has 0 aliphatic rings. The SMILES string of the molecule is Cl.Cl.Nc1cnccc1NCCCc1ccccc1.